The SMILES string of the molecule is CCCCCCCC/C=C/CCCCCCCC[NH3+]. The Morgan fingerprint density at radius 1 is 0.579 bits per heavy atom. The number of quaternary nitrogens is 1. The van der Waals surface area contributed by atoms with Crippen LogP contribution in [0.5, 0.6) is 0 Å². The molecule has 1 heteroatoms. The van der Waals surface area contributed by atoms with Gasteiger partial charge in [-0.25, -0.2) is 0 Å². The lowest BCUT2D eigenvalue weighted by molar-refractivity contribution is -0.368. The molecular formula is C18H38N+. The number of rotatable bonds is 15. The van der Waals surface area contributed by atoms with Crippen molar-refractivity contribution < 1.29 is 5.73 Å². The van der Waals surface area contributed by atoms with Crippen molar-refractivity contribution in [3.63, 3.8) is 0 Å². The van der Waals surface area contributed by atoms with Gasteiger partial charge in [0.1, 0.15) is 0 Å². The third-order valence-electron chi connectivity index (χ3n) is 3.76. The molecular weight excluding hydrogens is 230 g/mol. The normalized spacial score (nSPS) is 11.5. The molecule has 0 aromatic heterocycles. The van der Waals surface area contributed by atoms with Crippen molar-refractivity contribution in [3.8, 4) is 0 Å². The van der Waals surface area contributed by atoms with Crippen LogP contribution < -0.4 is 5.73 Å². The van der Waals surface area contributed by atoms with Crippen LogP contribution in [0, 0.1) is 0 Å². The third kappa shape index (κ3) is 17.7. The summed E-state index contributed by atoms with van der Waals surface area (Å²) >= 11 is 0. The van der Waals surface area contributed by atoms with E-state index in [0.717, 1.165) is 6.54 Å². The molecule has 0 atom stereocenters. The number of allylic oxidation sites excluding steroid dienone is 2. The molecule has 0 amide bonds. The van der Waals surface area contributed by atoms with Crippen LogP contribution in [0.15, 0.2) is 12.2 Å². The summed E-state index contributed by atoms with van der Waals surface area (Å²) in [5.74, 6) is 0. The summed E-state index contributed by atoms with van der Waals surface area (Å²) in [6.07, 6.45) is 24.2. The summed E-state index contributed by atoms with van der Waals surface area (Å²) in [7, 11) is 0. The van der Waals surface area contributed by atoms with Crippen molar-refractivity contribution in [2.45, 2.75) is 96.8 Å². The summed E-state index contributed by atoms with van der Waals surface area (Å²) < 4.78 is 0. The van der Waals surface area contributed by atoms with Crippen LogP contribution in [-0.2, 0) is 0 Å². The first-order valence-corrected chi connectivity index (χ1v) is 8.86. The maximum absolute atomic E-state index is 3.88. The fourth-order valence-corrected chi connectivity index (χ4v) is 2.42. The molecule has 0 aliphatic rings. The Labute approximate surface area is 122 Å². The number of hydrogen-bond donors (Lipinski definition) is 1. The van der Waals surface area contributed by atoms with Crippen LogP contribution in [0.4, 0.5) is 0 Å². The summed E-state index contributed by atoms with van der Waals surface area (Å²) in [5, 5.41) is 0. The van der Waals surface area contributed by atoms with Crippen LogP contribution >= 0.6 is 0 Å². The zero-order valence-electron chi connectivity index (χ0n) is 13.5. The first-order valence-electron chi connectivity index (χ1n) is 8.86. The molecule has 0 unspecified atom stereocenters. The number of hydrogen-bond acceptors (Lipinski definition) is 0. The second-order valence-electron chi connectivity index (χ2n) is 5.79. The molecule has 0 saturated carbocycles. The van der Waals surface area contributed by atoms with E-state index in [4.69, 9.17) is 0 Å². The zero-order valence-corrected chi connectivity index (χ0v) is 13.5. The summed E-state index contributed by atoms with van der Waals surface area (Å²) in [6.45, 7) is 3.39. The largest absolute Gasteiger partial charge is 0.358 e. The molecule has 0 aromatic rings. The lowest BCUT2D eigenvalue weighted by Gasteiger charge is -1.99. The second kappa shape index (κ2) is 17.7. The Hall–Kier alpha value is -0.300. The van der Waals surface area contributed by atoms with E-state index in [1.807, 2.05) is 0 Å². The average molecular weight is 269 g/mol. The van der Waals surface area contributed by atoms with E-state index in [1.165, 1.54) is 89.9 Å². The van der Waals surface area contributed by atoms with E-state index >= 15 is 0 Å². The molecule has 0 rings (SSSR count). The number of unbranched alkanes of at least 4 members (excludes halogenated alkanes) is 12. The minimum atomic E-state index is 1.11. The zero-order chi connectivity index (χ0) is 14.0. The second-order valence-corrected chi connectivity index (χ2v) is 5.79. The molecule has 0 saturated heterocycles. The monoisotopic (exact) mass is 268 g/mol. The topological polar surface area (TPSA) is 27.6 Å². The van der Waals surface area contributed by atoms with Gasteiger partial charge >= 0.3 is 0 Å². The summed E-state index contributed by atoms with van der Waals surface area (Å²) in [4.78, 5) is 0. The van der Waals surface area contributed by atoms with Gasteiger partial charge in [0.25, 0.3) is 0 Å². The van der Waals surface area contributed by atoms with Crippen molar-refractivity contribution in [1.82, 2.24) is 0 Å². The van der Waals surface area contributed by atoms with Gasteiger partial charge in [-0.1, -0.05) is 70.4 Å². The molecule has 0 spiro atoms. The van der Waals surface area contributed by atoms with Gasteiger partial charge in [0, 0.05) is 0 Å². The van der Waals surface area contributed by atoms with Crippen LogP contribution in [0.3, 0.4) is 0 Å². The van der Waals surface area contributed by atoms with E-state index in [2.05, 4.69) is 24.8 Å². The predicted octanol–water partition coefficient (Wildman–Crippen LogP) is 5.27. The molecule has 114 valence electrons. The fourth-order valence-electron chi connectivity index (χ4n) is 2.42. The minimum Gasteiger partial charge on any atom is -0.358 e. The van der Waals surface area contributed by atoms with Gasteiger partial charge in [0.05, 0.1) is 6.54 Å². The highest BCUT2D eigenvalue weighted by atomic mass is 14.5. The Balaban J connectivity index is 3.01. The molecule has 0 aliphatic carbocycles. The van der Waals surface area contributed by atoms with Crippen LogP contribution in [0.25, 0.3) is 0 Å². The molecule has 1 nitrogen and oxygen atoms in total. The van der Waals surface area contributed by atoms with Crippen molar-refractivity contribution in [1.29, 1.82) is 0 Å². The minimum absolute atomic E-state index is 1.11. The molecule has 0 bridgehead atoms. The first-order chi connectivity index (χ1) is 9.41. The maximum atomic E-state index is 3.88. The van der Waals surface area contributed by atoms with Gasteiger partial charge < -0.3 is 5.73 Å². The summed E-state index contributed by atoms with van der Waals surface area (Å²) in [5.41, 5.74) is 3.88. The fraction of sp³-hybridized carbons (Fsp3) is 0.889. The quantitative estimate of drug-likeness (QED) is 0.310. The molecule has 19 heavy (non-hydrogen) atoms. The smallest absolute Gasteiger partial charge is 0.0739 e. The average Bonchev–Trinajstić information content (AvgIpc) is 2.43. The maximum Gasteiger partial charge on any atom is 0.0739 e. The van der Waals surface area contributed by atoms with Gasteiger partial charge in [-0.2, -0.15) is 0 Å². The molecule has 3 N–H and O–H groups in total. The lowest BCUT2D eigenvalue weighted by atomic mass is 10.1. The molecule has 0 fully saturated rings. The molecule has 0 heterocycles. The van der Waals surface area contributed by atoms with Gasteiger partial charge in [-0.05, 0) is 38.5 Å². The summed E-state index contributed by atoms with van der Waals surface area (Å²) in [6, 6.07) is 0. The van der Waals surface area contributed by atoms with Crippen molar-refractivity contribution in [3.05, 3.63) is 12.2 Å². The Morgan fingerprint density at radius 3 is 1.47 bits per heavy atom. The van der Waals surface area contributed by atoms with Crippen molar-refractivity contribution in [2.75, 3.05) is 6.54 Å². The Kier molecular flexibility index (Phi) is 17.4. The highest BCUT2D eigenvalue weighted by Crippen LogP contribution is 2.09. The molecule has 0 radical (unpaired) electrons. The Bertz CT molecular complexity index is 175. The van der Waals surface area contributed by atoms with Crippen LogP contribution in [0.1, 0.15) is 96.8 Å². The molecule has 0 aromatic carbocycles. The molecule has 0 aliphatic heterocycles. The van der Waals surface area contributed by atoms with Gasteiger partial charge in [-0.15, -0.1) is 0 Å². The van der Waals surface area contributed by atoms with Crippen molar-refractivity contribution in [2.24, 2.45) is 0 Å². The lowest BCUT2D eigenvalue weighted by Crippen LogP contribution is -2.50. The van der Waals surface area contributed by atoms with E-state index in [1.54, 1.807) is 0 Å². The van der Waals surface area contributed by atoms with Gasteiger partial charge in [-0.3, -0.25) is 0 Å². The van der Waals surface area contributed by atoms with E-state index in [9.17, 15) is 0 Å². The van der Waals surface area contributed by atoms with Crippen molar-refractivity contribution >= 4 is 0 Å². The van der Waals surface area contributed by atoms with Crippen LogP contribution in [0.2, 0.25) is 0 Å². The van der Waals surface area contributed by atoms with Crippen LogP contribution in [-0.4, -0.2) is 6.54 Å². The first kappa shape index (κ1) is 18.7. The van der Waals surface area contributed by atoms with Gasteiger partial charge in [0.2, 0.25) is 0 Å². The standard InChI is InChI=1S/C18H37N/c1-2-3-4-5-6-7-8-9-10-11-12-13-14-15-16-17-18-19/h9-10H,2-8,11-19H2,1H3/p+1/b10-9+. The predicted molar refractivity (Wildman–Crippen MR) is 87.2 cm³/mol. The van der Waals surface area contributed by atoms with E-state index in [-0.39, 0.29) is 0 Å². The highest BCUT2D eigenvalue weighted by Gasteiger charge is 1.90. The highest BCUT2D eigenvalue weighted by molar-refractivity contribution is 4.81. The van der Waals surface area contributed by atoms with E-state index < -0.39 is 0 Å². The third-order valence-corrected chi connectivity index (χ3v) is 3.76. The Morgan fingerprint density at radius 2 is 1.00 bits per heavy atom. The van der Waals surface area contributed by atoms with E-state index in [0.29, 0.717) is 0 Å². The van der Waals surface area contributed by atoms with Gasteiger partial charge in [0.15, 0.2) is 0 Å².